The molecular weight excluding hydrogens is 263 g/mol. The minimum absolute atomic E-state index is 0.0515. The molecule has 2 rings (SSSR count). The van der Waals surface area contributed by atoms with E-state index in [9.17, 15) is 9.18 Å². The number of hydrogen-bond acceptors (Lipinski definition) is 5. The van der Waals surface area contributed by atoms with Crippen LogP contribution in [0.5, 0.6) is 0 Å². The van der Waals surface area contributed by atoms with Gasteiger partial charge < -0.3 is 20.5 Å². The minimum Gasteiger partial charge on any atom is -0.465 e. The first kappa shape index (κ1) is 14.6. The minimum atomic E-state index is -0.596. The Kier molecular flexibility index (Phi) is 4.44. The molecule has 0 aliphatic heterocycles. The van der Waals surface area contributed by atoms with E-state index in [0.29, 0.717) is 12.2 Å². The van der Waals surface area contributed by atoms with E-state index >= 15 is 0 Å². The number of ether oxygens (including phenoxy) is 1. The summed E-state index contributed by atoms with van der Waals surface area (Å²) in [5, 5.41) is 9.16. The number of nitrogens with two attached hydrogens (primary N) is 1. The molecule has 0 saturated heterocycles. The summed E-state index contributed by atoms with van der Waals surface area (Å²) in [5.41, 5.74) is 6.14. The molecule has 0 spiro atoms. The number of benzene rings is 1. The molecule has 20 heavy (non-hydrogen) atoms. The van der Waals surface area contributed by atoms with Crippen molar-refractivity contribution in [1.29, 1.82) is 0 Å². The number of rotatable bonds is 5. The summed E-state index contributed by atoms with van der Waals surface area (Å²) in [5.74, 6) is -1.09. The molecule has 1 saturated carbocycles. The number of carbonyl (C=O) groups is 1. The fourth-order valence-electron chi connectivity index (χ4n) is 2.39. The van der Waals surface area contributed by atoms with Crippen LogP contribution in [-0.2, 0) is 4.74 Å². The van der Waals surface area contributed by atoms with Gasteiger partial charge in [0.25, 0.3) is 0 Å². The molecular formula is C14H19FN2O3. The van der Waals surface area contributed by atoms with Crippen molar-refractivity contribution in [2.75, 3.05) is 30.9 Å². The smallest absolute Gasteiger partial charge is 0.340 e. The Hall–Kier alpha value is -1.82. The quantitative estimate of drug-likeness (QED) is 0.633. The number of aliphatic hydroxyl groups is 1. The van der Waals surface area contributed by atoms with E-state index in [-0.39, 0.29) is 23.9 Å². The average Bonchev–Trinajstić information content (AvgIpc) is 2.35. The molecule has 5 nitrogen and oxygen atoms in total. The monoisotopic (exact) mass is 282 g/mol. The first-order chi connectivity index (χ1) is 9.58. The van der Waals surface area contributed by atoms with Gasteiger partial charge in [-0.15, -0.1) is 0 Å². The third-order valence-corrected chi connectivity index (χ3v) is 3.69. The topological polar surface area (TPSA) is 75.8 Å². The SMILES string of the molecule is COC(=O)c1cc(N(CCO)C2CCC2)c(F)cc1N. The number of aliphatic hydroxyl groups excluding tert-OH is 1. The molecule has 0 heterocycles. The summed E-state index contributed by atoms with van der Waals surface area (Å²) in [7, 11) is 1.25. The lowest BCUT2D eigenvalue weighted by molar-refractivity contribution is 0.0602. The predicted molar refractivity (Wildman–Crippen MR) is 74.2 cm³/mol. The highest BCUT2D eigenvalue weighted by Gasteiger charge is 2.28. The van der Waals surface area contributed by atoms with Gasteiger partial charge in [-0.25, -0.2) is 9.18 Å². The van der Waals surface area contributed by atoms with E-state index in [4.69, 9.17) is 10.8 Å². The lowest BCUT2D eigenvalue weighted by atomic mass is 9.90. The molecule has 3 N–H and O–H groups in total. The number of carbonyl (C=O) groups excluding carboxylic acids is 1. The summed E-state index contributed by atoms with van der Waals surface area (Å²) in [4.78, 5) is 13.4. The van der Waals surface area contributed by atoms with E-state index in [2.05, 4.69) is 4.74 Å². The van der Waals surface area contributed by atoms with Gasteiger partial charge in [-0.3, -0.25) is 0 Å². The van der Waals surface area contributed by atoms with Crippen molar-refractivity contribution in [2.45, 2.75) is 25.3 Å². The van der Waals surface area contributed by atoms with Crippen LogP contribution in [-0.4, -0.2) is 37.4 Å². The highest BCUT2D eigenvalue weighted by Crippen LogP contribution is 2.33. The maximum Gasteiger partial charge on any atom is 0.340 e. The molecule has 1 aliphatic rings. The number of nitrogens with zero attached hydrogens (tertiary/aromatic N) is 1. The molecule has 110 valence electrons. The van der Waals surface area contributed by atoms with Crippen molar-refractivity contribution in [3.63, 3.8) is 0 Å². The Morgan fingerprint density at radius 3 is 2.75 bits per heavy atom. The first-order valence-corrected chi connectivity index (χ1v) is 6.63. The standard InChI is InChI=1S/C14H19FN2O3/c1-20-14(19)10-7-13(11(15)8-12(10)16)17(5-6-18)9-3-2-4-9/h7-9,18H,2-6,16H2,1H3. The van der Waals surface area contributed by atoms with Crippen LogP contribution in [0.3, 0.4) is 0 Å². The van der Waals surface area contributed by atoms with E-state index in [1.165, 1.54) is 13.2 Å². The second-order valence-corrected chi connectivity index (χ2v) is 4.88. The van der Waals surface area contributed by atoms with Crippen LogP contribution in [0.1, 0.15) is 29.6 Å². The lowest BCUT2D eigenvalue weighted by Gasteiger charge is -2.39. The molecule has 0 radical (unpaired) electrons. The zero-order valence-corrected chi connectivity index (χ0v) is 11.4. The van der Waals surface area contributed by atoms with Gasteiger partial charge in [0.1, 0.15) is 5.82 Å². The van der Waals surface area contributed by atoms with E-state index in [1.54, 1.807) is 4.90 Å². The molecule has 0 amide bonds. The van der Waals surface area contributed by atoms with Gasteiger partial charge in [0.15, 0.2) is 0 Å². The third kappa shape index (κ3) is 2.70. The van der Waals surface area contributed by atoms with Crippen molar-refractivity contribution < 1.29 is 19.0 Å². The van der Waals surface area contributed by atoms with Crippen LogP contribution >= 0.6 is 0 Å². The van der Waals surface area contributed by atoms with Crippen LogP contribution in [0.2, 0.25) is 0 Å². The van der Waals surface area contributed by atoms with Crippen LogP contribution in [0.15, 0.2) is 12.1 Å². The van der Waals surface area contributed by atoms with Gasteiger partial charge in [-0.2, -0.15) is 0 Å². The Balaban J connectivity index is 2.39. The van der Waals surface area contributed by atoms with Crippen LogP contribution in [0, 0.1) is 5.82 Å². The zero-order chi connectivity index (χ0) is 14.7. The summed E-state index contributed by atoms with van der Waals surface area (Å²) < 4.78 is 18.8. The maximum atomic E-state index is 14.1. The Bertz CT molecular complexity index is 503. The van der Waals surface area contributed by atoms with E-state index in [1.807, 2.05) is 0 Å². The molecule has 1 aliphatic carbocycles. The number of anilines is 2. The van der Waals surface area contributed by atoms with Gasteiger partial charge in [-0.05, 0) is 31.4 Å². The first-order valence-electron chi connectivity index (χ1n) is 6.63. The molecule has 1 aromatic carbocycles. The molecule has 0 atom stereocenters. The van der Waals surface area contributed by atoms with Gasteiger partial charge in [-0.1, -0.05) is 0 Å². The number of methoxy groups -OCH3 is 1. The van der Waals surface area contributed by atoms with Crippen molar-refractivity contribution in [1.82, 2.24) is 0 Å². The summed E-state index contributed by atoms with van der Waals surface area (Å²) in [6.07, 6.45) is 3.00. The van der Waals surface area contributed by atoms with Crippen molar-refractivity contribution in [3.8, 4) is 0 Å². The normalized spacial score (nSPS) is 14.8. The Morgan fingerprint density at radius 1 is 1.55 bits per heavy atom. The fraction of sp³-hybridized carbons (Fsp3) is 0.500. The highest BCUT2D eigenvalue weighted by atomic mass is 19.1. The van der Waals surface area contributed by atoms with Gasteiger partial charge in [0.2, 0.25) is 0 Å². The molecule has 6 heteroatoms. The van der Waals surface area contributed by atoms with Crippen molar-refractivity contribution in [2.24, 2.45) is 0 Å². The largest absolute Gasteiger partial charge is 0.465 e. The summed E-state index contributed by atoms with van der Waals surface area (Å²) >= 11 is 0. The summed E-state index contributed by atoms with van der Waals surface area (Å²) in [6.45, 7) is 0.250. The second-order valence-electron chi connectivity index (χ2n) is 4.88. The van der Waals surface area contributed by atoms with Crippen LogP contribution < -0.4 is 10.6 Å². The predicted octanol–water partition coefficient (Wildman–Crippen LogP) is 1.55. The summed E-state index contributed by atoms with van der Waals surface area (Å²) in [6, 6.07) is 2.74. The average molecular weight is 282 g/mol. The Morgan fingerprint density at radius 2 is 2.25 bits per heavy atom. The highest BCUT2D eigenvalue weighted by molar-refractivity contribution is 5.96. The number of halogens is 1. The lowest BCUT2D eigenvalue weighted by Crippen LogP contribution is -2.42. The third-order valence-electron chi connectivity index (χ3n) is 3.69. The molecule has 0 unspecified atom stereocenters. The van der Waals surface area contributed by atoms with Crippen LogP contribution in [0.4, 0.5) is 15.8 Å². The molecule has 0 bridgehead atoms. The van der Waals surface area contributed by atoms with Gasteiger partial charge >= 0.3 is 5.97 Å². The maximum absolute atomic E-state index is 14.1. The second kappa shape index (κ2) is 6.09. The molecule has 0 aromatic heterocycles. The van der Waals surface area contributed by atoms with Crippen molar-refractivity contribution in [3.05, 3.63) is 23.5 Å². The van der Waals surface area contributed by atoms with Crippen molar-refractivity contribution >= 4 is 17.3 Å². The van der Waals surface area contributed by atoms with Crippen LogP contribution in [0.25, 0.3) is 0 Å². The number of hydrogen-bond donors (Lipinski definition) is 2. The fourth-order valence-corrected chi connectivity index (χ4v) is 2.39. The number of esters is 1. The number of nitrogen functional groups attached to an aromatic ring is 1. The van der Waals surface area contributed by atoms with Gasteiger partial charge in [0.05, 0.1) is 25.0 Å². The zero-order valence-electron chi connectivity index (χ0n) is 11.4. The molecule has 1 aromatic rings. The van der Waals surface area contributed by atoms with E-state index in [0.717, 1.165) is 25.3 Å². The van der Waals surface area contributed by atoms with E-state index < -0.39 is 11.8 Å². The van der Waals surface area contributed by atoms with Gasteiger partial charge in [0, 0.05) is 18.3 Å². The Labute approximate surface area is 117 Å². The molecule has 1 fully saturated rings.